The third-order valence-corrected chi connectivity index (χ3v) is 4.01. The molecule has 16 heavy (non-hydrogen) atoms. The Morgan fingerprint density at radius 2 is 2.06 bits per heavy atom. The summed E-state index contributed by atoms with van der Waals surface area (Å²) in [4.78, 5) is 0. The second-order valence-corrected chi connectivity index (χ2v) is 5.03. The van der Waals surface area contributed by atoms with Crippen LogP contribution in [0, 0.1) is 5.41 Å². The molecule has 0 aromatic carbocycles. The predicted octanol–water partition coefficient (Wildman–Crippen LogP) is 2.05. The van der Waals surface area contributed by atoms with Crippen LogP contribution in [-0.2, 0) is 0 Å². The fourth-order valence-electron chi connectivity index (χ4n) is 2.74. The summed E-state index contributed by atoms with van der Waals surface area (Å²) in [6.07, 6.45) is 3.67. The maximum Gasteiger partial charge on any atom is 0.296 e. The molecule has 5 heteroatoms. The average Bonchev–Trinajstić information content (AvgIpc) is 2.08. The number of nitrogens with one attached hydrogen (secondary N) is 1. The van der Waals surface area contributed by atoms with E-state index in [-0.39, 0.29) is 5.84 Å². The van der Waals surface area contributed by atoms with Gasteiger partial charge in [-0.2, -0.15) is 5.10 Å². The molecule has 0 aromatic heterocycles. The molecular formula is C11H19F2N3. The minimum absolute atomic E-state index is 0.239. The van der Waals surface area contributed by atoms with E-state index in [1.807, 2.05) is 0 Å². The molecule has 0 aromatic rings. The highest BCUT2D eigenvalue weighted by atomic mass is 19.3. The van der Waals surface area contributed by atoms with Crippen molar-refractivity contribution in [1.29, 1.82) is 0 Å². The highest BCUT2D eigenvalue weighted by Crippen LogP contribution is 2.57. The quantitative estimate of drug-likeness (QED) is 0.457. The van der Waals surface area contributed by atoms with Gasteiger partial charge in [0.1, 0.15) is 0 Å². The van der Waals surface area contributed by atoms with Crippen LogP contribution in [0.4, 0.5) is 8.78 Å². The molecular weight excluding hydrogens is 212 g/mol. The molecule has 0 unspecified atom stereocenters. The summed E-state index contributed by atoms with van der Waals surface area (Å²) in [5.41, 5.74) is 0.555. The predicted molar refractivity (Wildman–Crippen MR) is 59.6 cm³/mol. The molecule has 1 spiro atoms. The highest BCUT2D eigenvalue weighted by molar-refractivity contribution is 5.84. The molecule has 0 aliphatic heterocycles. The van der Waals surface area contributed by atoms with Crippen LogP contribution in [0.3, 0.4) is 0 Å². The van der Waals surface area contributed by atoms with Gasteiger partial charge in [0.05, 0.1) is 0 Å². The minimum Gasteiger partial charge on any atom is -0.370 e. The van der Waals surface area contributed by atoms with Crippen LogP contribution in [0.5, 0.6) is 0 Å². The van der Waals surface area contributed by atoms with Gasteiger partial charge in [0.2, 0.25) is 0 Å². The maximum atomic E-state index is 12.5. The first-order valence-corrected chi connectivity index (χ1v) is 5.83. The number of halogens is 2. The molecule has 2 saturated carbocycles. The van der Waals surface area contributed by atoms with Crippen molar-refractivity contribution in [2.24, 2.45) is 10.5 Å². The number of alkyl halides is 2. The lowest BCUT2D eigenvalue weighted by atomic mass is 9.54. The summed E-state index contributed by atoms with van der Waals surface area (Å²) in [7, 11) is 3.27. The molecule has 0 amide bonds. The number of hydrogen-bond donors (Lipinski definition) is 1. The van der Waals surface area contributed by atoms with Crippen molar-refractivity contribution in [2.75, 3.05) is 14.1 Å². The lowest BCUT2D eigenvalue weighted by molar-refractivity contribution is -0.0465. The molecule has 0 atom stereocenters. The van der Waals surface area contributed by atoms with E-state index in [1.165, 1.54) is 26.3 Å². The first kappa shape index (κ1) is 11.6. The number of hydrazone groups is 1. The van der Waals surface area contributed by atoms with E-state index in [0.717, 1.165) is 12.8 Å². The maximum absolute atomic E-state index is 12.5. The fourth-order valence-corrected chi connectivity index (χ4v) is 2.74. The van der Waals surface area contributed by atoms with Crippen molar-refractivity contribution in [3.05, 3.63) is 0 Å². The molecule has 0 heterocycles. The zero-order chi connectivity index (χ0) is 11.8. The average molecular weight is 231 g/mol. The molecule has 0 bridgehead atoms. The molecule has 2 aliphatic rings. The van der Waals surface area contributed by atoms with Crippen LogP contribution in [0.2, 0.25) is 0 Å². The van der Waals surface area contributed by atoms with Crippen LogP contribution in [0.25, 0.3) is 0 Å². The van der Waals surface area contributed by atoms with Crippen LogP contribution in [-0.4, -0.2) is 37.4 Å². The number of nitrogens with zero attached hydrogens (tertiary/aromatic N) is 2. The van der Waals surface area contributed by atoms with Gasteiger partial charge >= 0.3 is 0 Å². The first-order valence-electron chi connectivity index (χ1n) is 5.83. The molecule has 2 fully saturated rings. The lowest BCUT2D eigenvalue weighted by Gasteiger charge is -2.55. The first-order chi connectivity index (χ1) is 7.56. The SMILES string of the molecule is CN/C(=N\N(C)C1CC2(CCC2)C1)C(F)F. The van der Waals surface area contributed by atoms with E-state index in [0.29, 0.717) is 11.5 Å². The zero-order valence-electron chi connectivity index (χ0n) is 9.84. The van der Waals surface area contributed by atoms with Crippen molar-refractivity contribution in [3.8, 4) is 0 Å². The van der Waals surface area contributed by atoms with Crippen molar-refractivity contribution < 1.29 is 8.78 Å². The second kappa shape index (κ2) is 4.18. The van der Waals surface area contributed by atoms with Gasteiger partial charge in [-0.15, -0.1) is 0 Å². The fraction of sp³-hybridized carbons (Fsp3) is 0.909. The van der Waals surface area contributed by atoms with E-state index in [4.69, 9.17) is 0 Å². The van der Waals surface area contributed by atoms with E-state index in [1.54, 1.807) is 12.1 Å². The monoisotopic (exact) mass is 231 g/mol. The molecule has 0 saturated heterocycles. The smallest absolute Gasteiger partial charge is 0.296 e. The van der Waals surface area contributed by atoms with Gasteiger partial charge in [-0.05, 0) is 31.1 Å². The van der Waals surface area contributed by atoms with Gasteiger partial charge in [-0.3, -0.25) is 5.01 Å². The summed E-state index contributed by atoms with van der Waals surface area (Å²) in [6.45, 7) is 0. The Morgan fingerprint density at radius 3 is 2.44 bits per heavy atom. The summed E-state index contributed by atoms with van der Waals surface area (Å²) in [5, 5.41) is 8.07. The Morgan fingerprint density at radius 1 is 1.44 bits per heavy atom. The van der Waals surface area contributed by atoms with E-state index < -0.39 is 6.43 Å². The standard InChI is InChI=1S/C11H19F2N3/c1-14-10(9(12)13)15-16(2)8-6-11(7-8)4-3-5-11/h8-9H,3-7H2,1-2H3,(H,14,15). The van der Waals surface area contributed by atoms with Crippen LogP contribution >= 0.6 is 0 Å². The van der Waals surface area contributed by atoms with Crippen LogP contribution in [0.15, 0.2) is 5.10 Å². The van der Waals surface area contributed by atoms with Gasteiger partial charge in [0.25, 0.3) is 6.43 Å². The van der Waals surface area contributed by atoms with Crippen molar-refractivity contribution in [2.45, 2.75) is 44.6 Å². The molecule has 92 valence electrons. The van der Waals surface area contributed by atoms with Crippen molar-refractivity contribution in [3.63, 3.8) is 0 Å². The Balaban J connectivity index is 1.86. The van der Waals surface area contributed by atoms with Crippen LogP contribution < -0.4 is 5.32 Å². The number of amidine groups is 1. The normalized spacial score (nSPS) is 24.2. The topological polar surface area (TPSA) is 27.6 Å². The molecule has 1 N–H and O–H groups in total. The van der Waals surface area contributed by atoms with E-state index in [9.17, 15) is 8.78 Å². The zero-order valence-corrected chi connectivity index (χ0v) is 9.84. The van der Waals surface area contributed by atoms with Gasteiger partial charge in [0.15, 0.2) is 5.84 Å². The largest absolute Gasteiger partial charge is 0.370 e. The van der Waals surface area contributed by atoms with Gasteiger partial charge in [-0.25, -0.2) is 8.78 Å². The Bertz CT molecular complexity index is 279. The second-order valence-electron chi connectivity index (χ2n) is 5.03. The summed E-state index contributed by atoms with van der Waals surface area (Å²) in [5.74, 6) is -0.239. The molecule has 0 radical (unpaired) electrons. The summed E-state index contributed by atoms with van der Waals surface area (Å²) in [6, 6.07) is 0.349. The molecule has 2 aliphatic carbocycles. The van der Waals surface area contributed by atoms with Crippen molar-refractivity contribution >= 4 is 5.84 Å². The van der Waals surface area contributed by atoms with Gasteiger partial charge in [-0.1, -0.05) is 6.42 Å². The third-order valence-electron chi connectivity index (χ3n) is 4.01. The third kappa shape index (κ3) is 1.99. The van der Waals surface area contributed by atoms with E-state index in [2.05, 4.69) is 10.4 Å². The summed E-state index contributed by atoms with van der Waals surface area (Å²) < 4.78 is 24.9. The summed E-state index contributed by atoms with van der Waals surface area (Å²) >= 11 is 0. The lowest BCUT2D eigenvalue weighted by Crippen LogP contribution is -2.51. The Kier molecular flexibility index (Phi) is 3.04. The van der Waals surface area contributed by atoms with Crippen molar-refractivity contribution in [1.82, 2.24) is 10.3 Å². The highest BCUT2D eigenvalue weighted by Gasteiger charge is 2.49. The van der Waals surface area contributed by atoms with Gasteiger partial charge < -0.3 is 5.32 Å². The van der Waals surface area contributed by atoms with Gasteiger partial charge in [0, 0.05) is 20.1 Å². The molecule has 3 nitrogen and oxygen atoms in total. The Labute approximate surface area is 94.9 Å². The minimum atomic E-state index is -2.52. The number of hydrogen-bond acceptors (Lipinski definition) is 2. The Hall–Kier alpha value is -0.870. The molecule has 2 rings (SSSR count). The number of rotatable bonds is 3. The van der Waals surface area contributed by atoms with E-state index >= 15 is 0 Å². The van der Waals surface area contributed by atoms with Crippen LogP contribution in [0.1, 0.15) is 32.1 Å².